The van der Waals surface area contributed by atoms with Crippen molar-refractivity contribution in [1.29, 1.82) is 5.26 Å². The average molecular weight is 303 g/mol. The largest absolute Gasteiger partial charge is 0.370 e. The maximum absolute atomic E-state index is 8.80. The van der Waals surface area contributed by atoms with Gasteiger partial charge in [-0.3, -0.25) is 0 Å². The lowest BCUT2D eigenvalue weighted by atomic mass is 10.2. The van der Waals surface area contributed by atoms with Crippen molar-refractivity contribution in [2.24, 2.45) is 0 Å². The molecule has 0 spiro atoms. The molecule has 0 unspecified atom stereocenters. The number of aryl methyl sites for hydroxylation is 1. The fraction of sp³-hybridized carbons (Fsp3) is 0.158. The summed E-state index contributed by atoms with van der Waals surface area (Å²) in [6.45, 7) is 2.96. The van der Waals surface area contributed by atoms with Crippen LogP contribution in [0.2, 0.25) is 0 Å². The molecule has 0 radical (unpaired) electrons. The van der Waals surface area contributed by atoms with Crippen LogP contribution >= 0.6 is 0 Å². The first-order chi connectivity index (χ1) is 11.3. The molecule has 114 valence electrons. The summed E-state index contributed by atoms with van der Waals surface area (Å²) < 4.78 is 7.72. The summed E-state index contributed by atoms with van der Waals surface area (Å²) in [7, 11) is 0. The van der Waals surface area contributed by atoms with Crippen LogP contribution in [-0.2, 0) is 18.0 Å². The predicted octanol–water partition coefficient (Wildman–Crippen LogP) is 3.77. The van der Waals surface area contributed by atoms with Crippen LogP contribution in [0, 0.1) is 18.3 Å². The Kier molecular flexibility index (Phi) is 4.51. The third-order valence-corrected chi connectivity index (χ3v) is 3.51. The molecule has 0 saturated heterocycles. The molecule has 0 aliphatic heterocycles. The SMILES string of the molecule is Cc1cc(COCc2ccc(C#N)cc2)n(-c2ccccc2)n1. The van der Waals surface area contributed by atoms with Gasteiger partial charge in [0.1, 0.15) is 0 Å². The van der Waals surface area contributed by atoms with E-state index in [0.717, 1.165) is 22.6 Å². The summed E-state index contributed by atoms with van der Waals surface area (Å²) in [4.78, 5) is 0. The Morgan fingerprint density at radius 2 is 1.78 bits per heavy atom. The minimum absolute atomic E-state index is 0.482. The van der Waals surface area contributed by atoms with Gasteiger partial charge in [-0.05, 0) is 42.8 Å². The summed E-state index contributed by atoms with van der Waals surface area (Å²) in [5.74, 6) is 0. The van der Waals surface area contributed by atoms with Gasteiger partial charge in [-0.2, -0.15) is 10.4 Å². The van der Waals surface area contributed by atoms with Crippen molar-refractivity contribution in [3.8, 4) is 11.8 Å². The first-order valence-electron chi connectivity index (χ1n) is 7.44. The summed E-state index contributed by atoms with van der Waals surface area (Å²) in [6, 6.07) is 21.6. The van der Waals surface area contributed by atoms with E-state index in [1.807, 2.05) is 60.1 Å². The molecule has 0 fully saturated rings. The molecule has 4 heteroatoms. The molecule has 0 atom stereocenters. The van der Waals surface area contributed by atoms with Crippen LogP contribution in [0.5, 0.6) is 0 Å². The fourth-order valence-corrected chi connectivity index (χ4v) is 2.40. The van der Waals surface area contributed by atoms with E-state index in [9.17, 15) is 0 Å². The number of para-hydroxylation sites is 1. The molecule has 0 amide bonds. The maximum atomic E-state index is 8.80. The summed E-state index contributed by atoms with van der Waals surface area (Å²) in [6.07, 6.45) is 0. The molecule has 0 aliphatic carbocycles. The number of nitrogens with zero attached hydrogens (tertiary/aromatic N) is 3. The molecule has 1 aromatic heterocycles. The van der Waals surface area contributed by atoms with Gasteiger partial charge in [-0.25, -0.2) is 4.68 Å². The Hall–Kier alpha value is -2.90. The lowest BCUT2D eigenvalue weighted by Crippen LogP contribution is -2.04. The van der Waals surface area contributed by atoms with Crippen LogP contribution < -0.4 is 0 Å². The van der Waals surface area contributed by atoms with Crippen molar-refractivity contribution in [1.82, 2.24) is 9.78 Å². The number of ether oxygens (including phenoxy) is 1. The lowest BCUT2D eigenvalue weighted by molar-refractivity contribution is 0.103. The van der Waals surface area contributed by atoms with Gasteiger partial charge in [0.25, 0.3) is 0 Å². The van der Waals surface area contributed by atoms with Gasteiger partial charge in [0.15, 0.2) is 0 Å². The lowest BCUT2D eigenvalue weighted by Gasteiger charge is -2.08. The van der Waals surface area contributed by atoms with Crippen LogP contribution in [-0.4, -0.2) is 9.78 Å². The molecule has 3 rings (SSSR count). The van der Waals surface area contributed by atoms with Gasteiger partial charge in [-0.15, -0.1) is 0 Å². The number of rotatable bonds is 5. The number of aromatic nitrogens is 2. The van der Waals surface area contributed by atoms with Gasteiger partial charge in [0.05, 0.1) is 41.9 Å². The Bertz CT molecular complexity index is 814. The molecule has 0 saturated carbocycles. The van der Waals surface area contributed by atoms with Crippen molar-refractivity contribution in [2.75, 3.05) is 0 Å². The molecule has 23 heavy (non-hydrogen) atoms. The summed E-state index contributed by atoms with van der Waals surface area (Å²) in [5, 5.41) is 13.3. The molecule has 2 aromatic carbocycles. The van der Waals surface area contributed by atoms with Crippen LogP contribution in [0.3, 0.4) is 0 Å². The maximum Gasteiger partial charge on any atom is 0.0991 e. The quantitative estimate of drug-likeness (QED) is 0.721. The van der Waals surface area contributed by atoms with E-state index in [4.69, 9.17) is 10.00 Å². The molecule has 3 aromatic rings. The van der Waals surface area contributed by atoms with Gasteiger partial charge in [0, 0.05) is 0 Å². The number of benzene rings is 2. The zero-order valence-corrected chi connectivity index (χ0v) is 12.9. The highest BCUT2D eigenvalue weighted by atomic mass is 16.5. The monoisotopic (exact) mass is 303 g/mol. The predicted molar refractivity (Wildman–Crippen MR) is 88.0 cm³/mol. The second-order valence-electron chi connectivity index (χ2n) is 5.33. The highest BCUT2D eigenvalue weighted by Crippen LogP contribution is 2.14. The van der Waals surface area contributed by atoms with Crippen molar-refractivity contribution < 1.29 is 4.74 Å². The molecular weight excluding hydrogens is 286 g/mol. The second kappa shape index (κ2) is 6.91. The minimum atomic E-state index is 0.482. The van der Waals surface area contributed by atoms with E-state index in [2.05, 4.69) is 11.2 Å². The van der Waals surface area contributed by atoms with Crippen LogP contribution in [0.15, 0.2) is 60.7 Å². The van der Waals surface area contributed by atoms with Gasteiger partial charge in [-0.1, -0.05) is 30.3 Å². The molecule has 4 nitrogen and oxygen atoms in total. The Morgan fingerprint density at radius 1 is 1.04 bits per heavy atom. The smallest absolute Gasteiger partial charge is 0.0991 e. The molecule has 0 aliphatic rings. The van der Waals surface area contributed by atoms with Crippen molar-refractivity contribution in [2.45, 2.75) is 20.1 Å². The third-order valence-electron chi connectivity index (χ3n) is 3.51. The zero-order chi connectivity index (χ0) is 16.1. The Balaban J connectivity index is 1.68. The van der Waals surface area contributed by atoms with Gasteiger partial charge >= 0.3 is 0 Å². The average Bonchev–Trinajstić information content (AvgIpc) is 2.97. The van der Waals surface area contributed by atoms with Crippen molar-refractivity contribution in [3.05, 3.63) is 83.2 Å². The van der Waals surface area contributed by atoms with Gasteiger partial charge < -0.3 is 4.74 Å². The highest BCUT2D eigenvalue weighted by Gasteiger charge is 2.07. The van der Waals surface area contributed by atoms with E-state index < -0.39 is 0 Å². The first kappa shape index (κ1) is 15.0. The van der Waals surface area contributed by atoms with E-state index >= 15 is 0 Å². The zero-order valence-electron chi connectivity index (χ0n) is 12.9. The number of hydrogen-bond acceptors (Lipinski definition) is 3. The van der Waals surface area contributed by atoms with E-state index in [0.29, 0.717) is 18.8 Å². The Morgan fingerprint density at radius 3 is 2.48 bits per heavy atom. The van der Waals surface area contributed by atoms with Crippen LogP contribution in [0.25, 0.3) is 5.69 Å². The molecule has 0 N–H and O–H groups in total. The second-order valence-corrected chi connectivity index (χ2v) is 5.33. The van der Waals surface area contributed by atoms with Crippen molar-refractivity contribution in [3.63, 3.8) is 0 Å². The normalized spacial score (nSPS) is 10.4. The number of nitriles is 1. The Labute approximate surface area is 135 Å². The van der Waals surface area contributed by atoms with E-state index in [1.54, 1.807) is 12.1 Å². The summed E-state index contributed by atoms with van der Waals surface area (Å²) in [5.41, 5.74) is 4.71. The minimum Gasteiger partial charge on any atom is -0.370 e. The molecular formula is C19H17N3O. The van der Waals surface area contributed by atoms with Crippen molar-refractivity contribution >= 4 is 0 Å². The number of hydrogen-bond donors (Lipinski definition) is 0. The van der Waals surface area contributed by atoms with E-state index in [-0.39, 0.29) is 0 Å². The molecule has 0 bridgehead atoms. The fourth-order valence-electron chi connectivity index (χ4n) is 2.40. The highest BCUT2D eigenvalue weighted by molar-refractivity contribution is 5.33. The summed E-state index contributed by atoms with van der Waals surface area (Å²) >= 11 is 0. The third kappa shape index (κ3) is 3.65. The standard InChI is InChI=1S/C19H17N3O/c1-15-11-19(22(21-15)18-5-3-2-4-6-18)14-23-13-17-9-7-16(12-20)8-10-17/h2-11H,13-14H2,1H3. The van der Waals surface area contributed by atoms with Crippen LogP contribution in [0.1, 0.15) is 22.5 Å². The molecule has 1 heterocycles. The van der Waals surface area contributed by atoms with Gasteiger partial charge in [0.2, 0.25) is 0 Å². The van der Waals surface area contributed by atoms with E-state index in [1.165, 1.54) is 0 Å². The van der Waals surface area contributed by atoms with Crippen LogP contribution in [0.4, 0.5) is 0 Å². The topological polar surface area (TPSA) is 50.8 Å². The first-order valence-corrected chi connectivity index (χ1v) is 7.44.